The van der Waals surface area contributed by atoms with Gasteiger partial charge in [-0.15, -0.1) is 10.2 Å². The Morgan fingerprint density at radius 1 is 1.11 bits per heavy atom. The van der Waals surface area contributed by atoms with E-state index in [1.54, 1.807) is 11.8 Å². The molecule has 1 heterocycles. The van der Waals surface area contributed by atoms with Crippen LogP contribution in [0.2, 0.25) is 0 Å². The van der Waals surface area contributed by atoms with Crippen LogP contribution in [0.5, 0.6) is 0 Å². The summed E-state index contributed by atoms with van der Waals surface area (Å²) in [4.78, 5) is 10.4. The zero-order valence-corrected chi connectivity index (χ0v) is 13.6. The van der Waals surface area contributed by atoms with Gasteiger partial charge in [-0.3, -0.25) is 4.79 Å². The van der Waals surface area contributed by atoms with Crippen LogP contribution in [-0.4, -0.2) is 32.8 Å². The lowest BCUT2D eigenvalue weighted by Gasteiger charge is -1.98. The van der Waals surface area contributed by atoms with Gasteiger partial charge in [0.1, 0.15) is 0 Å². The van der Waals surface area contributed by atoms with Crippen LogP contribution < -0.4 is 0 Å². The summed E-state index contributed by atoms with van der Waals surface area (Å²) in [6, 6.07) is 0. The monoisotopic (exact) mass is 320 g/mol. The Morgan fingerprint density at radius 3 is 2.42 bits per heavy atom. The zero-order valence-electron chi connectivity index (χ0n) is 11.1. The first-order chi connectivity index (χ1) is 9.22. The summed E-state index contributed by atoms with van der Waals surface area (Å²) in [6.07, 6.45) is 7.79. The molecule has 0 atom stereocenters. The molecule has 0 radical (unpaired) electrons. The first kappa shape index (κ1) is 16.8. The molecule has 0 saturated carbocycles. The van der Waals surface area contributed by atoms with E-state index in [2.05, 4.69) is 17.1 Å². The molecule has 0 unspecified atom stereocenters. The molecule has 19 heavy (non-hydrogen) atoms. The summed E-state index contributed by atoms with van der Waals surface area (Å²) < 4.78 is 1.69. The van der Waals surface area contributed by atoms with E-state index in [0.29, 0.717) is 0 Å². The number of nitrogens with zero attached hydrogens (tertiary/aromatic N) is 2. The molecule has 1 aromatic heterocycles. The Hall–Kier alpha value is -0.270. The molecule has 1 N–H and O–H groups in total. The number of hydrogen-bond acceptors (Lipinski definition) is 6. The van der Waals surface area contributed by atoms with E-state index in [4.69, 9.17) is 5.11 Å². The van der Waals surface area contributed by atoms with Gasteiger partial charge in [0, 0.05) is 5.75 Å². The number of hydrogen-bond donors (Lipinski definition) is 1. The lowest BCUT2D eigenvalue weighted by molar-refractivity contribution is -0.133. The molecule has 108 valence electrons. The number of carboxylic acids is 1. The molecule has 0 aliphatic carbocycles. The maximum atomic E-state index is 10.4. The number of rotatable bonds is 11. The highest BCUT2D eigenvalue weighted by molar-refractivity contribution is 8.03. The van der Waals surface area contributed by atoms with E-state index in [-0.39, 0.29) is 5.75 Å². The van der Waals surface area contributed by atoms with Gasteiger partial charge < -0.3 is 5.11 Å². The molecule has 0 fully saturated rings. The second-order valence-electron chi connectivity index (χ2n) is 4.13. The summed E-state index contributed by atoms with van der Waals surface area (Å²) in [5, 5.41) is 16.6. The van der Waals surface area contributed by atoms with Crippen molar-refractivity contribution >= 4 is 40.8 Å². The molecule has 0 amide bonds. The van der Waals surface area contributed by atoms with Gasteiger partial charge in [0.05, 0.1) is 5.75 Å². The third-order valence-corrected chi connectivity index (χ3v) is 5.69. The van der Waals surface area contributed by atoms with Gasteiger partial charge in [0.2, 0.25) is 0 Å². The summed E-state index contributed by atoms with van der Waals surface area (Å²) >= 11 is 4.44. The van der Waals surface area contributed by atoms with Crippen LogP contribution in [0.25, 0.3) is 0 Å². The highest BCUT2D eigenvalue weighted by Crippen LogP contribution is 2.29. The maximum Gasteiger partial charge on any atom is 0.313 e. The lowest BCUT2D eigenvalue weighted by atomic mass is 10.1. The van der Waals surface area contributed by atoms with Gasteiger partial charge in [-0.05, 0) is 6.42 Å². The average Bonchev–Trinajstić information content (AvgIpc) is 2.83. The Labute approximate surface area is 126 Å². The van der Waals surface area contributed by atoms with Crippen molar-refractivity contribution < 1.29 is 9.90 Å². The van der Waals surface area contributed by atoms with Gasteiger partial charge in [0.15, 0.2) is 8.68 Å². The topological polar surface area (TPSA) is 63.1 Å². The standard InChI is InChI=1S/C12H20N2O2S3/c1-2-3-4-5-6-7-8-17-11-13-14-12(19-11)18-9-10(15)16/h2-9H2,1H3,(H,15,16). The van der Waals surface area contributed by atoms with Crippen molar-refractivity contribution in [2.45, 2.75) is 54.1 Å². The van der Waals surface area contributed by atoms with E-state index in [1.165, 1.54) is 61.6 Å². The lowest BCUT2D eigenvalue weighted by Crippen LogP contribution is -1.96. The summed E-state index contributed by atoms with van der Waals surface area (Å²) in [7, 11) is 0. The molecule has 4 nitrogen and oxygen atoms in total. The SMILES string of the molecule is CCCCCCCCSc1nnc(SCC(=O)O)s1. The van der Waals surface area contributed by atoms with Gasteiger partial charge in [-0.1, -0.05) is 73.9 Å². The second-order valence-corrected chi connectivity index (χ2v) is 7.67. The predicted molar refractivity (Wildman–Crippen MR) is 82.4 cm³/mol. The Bertz CT molecular complexity index is 372. The minimum absolute atomic E-state index is 0.0523. The van der Waals surface area contributed by atoms with Crippen molar-refractivity contribution in [3.8, 4) is 0 Å². The van der Waals surface area contributed by atoms with E-state index in [9.17, 15) is 4.79 Å². The van der Waals surface area contributed by atoms with Gasteiger partial charge in [0.25, 0.3) is 0 Å². The van der Waals surface area contributed by atoms with Gasteiger partial charge in [-0.2, -0.15) is 0 Å². The molecule has 1 aromatic rings. The number of thioether (sulfide) groups is 2. The Kier molecular flexibility index (Phi) is 9.28. The molecular weight excluding hydrogens is 300 g/mol. The first-order valence-corrected chi connectivity index (χ1v) is 9.32. The minimum atomic E-state index is -0.818. The minimum Gasteiger partial charge on any atom is -0.481 e. The molecule has 0 spiro atoms. The number of aromatic nitrogens is 2. The van der Waals surface area contributed by atoms with Crippen molar-refractivity contribution in [3.63, 3.8) is 0 Å². The average molecular weight is 321 g/mol. The molecule has 0 aliphatic heterocycles. The number of carboxylic acid groups (broad SMARTS) is 1. The molecular formula is C12H20N2O2S3. The first-order valence-electron chi connectivity index (χ1n) is 6.53. The molecule has 0 saturated heterocycles. The highest BCUT2D eigenvalue weighted by atomic mass is 32.2. The van der Waals surface area contributed by atoms with Crippen LogP contribution in [0, 0.1) is 0 Å². The molecule has 0 bridgehead atoms. The van der Waals surface area contributed by atoms with E-state index < -0.39 is 5.97 Å². The van der Waals surface area contributed by atoms with Crippen LogP contribution in [-0.2, 0) is 4.79 Å². The summed E-state index contributed by atoms with van der Waals surface area (Å²) in [5.74, 6) is 0.308. The smallest absolute Gasteiger partial charge is 0.313 e. The predicted octanol–water partition coefficient (Wildman–Crippen LogP) is 4.17. The Morgan fingerprint density at radius 2 is 1.74 bits per heavy atom. The zero-order chi connectivity index (χ0) is 13.9. The van der Waals surface area contributed by atoms with Crippen LogP contribution in [0.3, 0.4) is 0 Å². The van der Waals surface area contributed by atoms with Crippen molar-refractivity contribution in [1.82, 2.24) is 10.2 Å². The number of carbonyl (C=O) groups is 1. The van der Waals surface area contributed by atoms with Crippen molar-refractivity contribution in [2.24, 2.45) is 0 Å². The maximum absolute atomic E-state index is 10.4. The summed E-state index contributed by atoms with van der Waals surface area (Å²) in [5.41, 5.74) is 0. The fraction of sp³-hybridized carbons (Fsp3) is 0.750. The van der Waals surface area contributed by atoms with Crippen LogP contribution in [0.1, 0.15) is 45.4 Å². The summed E-state index contributed by atoms with van der Waals surface area (Å²) in [6.45, 7) is 2.23. The largest absolute Gasteiger partial charge is 0.481 e. The Balaban J connectivity index is 2.07. The fourth-order valence-corrected chi connectivity index (χ4v) is 4.29. The molecule has 0 aromatic carbocycles. The van der Waals surface area contributed by atoms with E-state index >= 15 is 0 Å². The fourth-order valence-electron chi connectivity index (χ4n) is 1.48. The van der Waals surface area contributed by atoms with Gasteiger partial charge in [-0.25, -0.2) is 0 Å². The van der Waals surface area contributed by atoms with E-state index in [0.717, 1.165) is 14.4 Å². The van der Waals surface area contributed by atoms with Crippen molar-refractivity contribution in [2.75, 3.05) is 11.5 Å². The second kappa shape index (κ2) is 10.5. The normalized spacial score (nSPS) is 10.8. The quantitative estimate of drug-likeness (QED) is 0.488. The number of unbranched alkanes of at least 4 members (excludes halogenated alkanes) is 5. The van der Waals surface area contributed by atoms with Crippen molar-refractivity contribution in [1.29, 1.82) is 0 Å². The molecule has 0 aliphatic rings. The molecule has 7 heteroatoms. The van der Waals surface area contributed by atoms with Crippen LogP contribution in [0.15, 0.2) is 8.68 Å². The number of aliphatic carboxylic acids is 1. The molecule has 1 rings (SSSR count). The van der Waals surface area contributed by atoms with Gasteiger partial charge >= 0.3 is 5.97 Å². The van der Waals surface area contributed by atoms with E-state index in [1.807, 2.05) is 0 Å². The highest BCUT2D eigenvalue weighted by Gasteiger charge is 2.07. The third-order valence-electron chi connectivity index (χ3n) is 2.43. The van der Waals surface area contributed by atoms with Crippen LogP contribution in [0.4, 0.5) is 0 Å². The third kappa shape index (κ3) is 8.49. The van der Waals surface area contributed by atoms with Crippen LogP contribution >= 0.6 is 34.9 Å². The van der Waals surface area contributed by atoms with Crippen molar-refractivity contribution in [3.05, 3.63) is 0 Å².